The molecule has 4 rings (SSSR count). The summed E-state index contributed by atoms with van der Waals surface area (Å²) in [7, 11) is 1.83. The summed E-state index contributed by atoms with van der Waals surface area (Å²) < 4.78 is 7.62. The Bertz CT molecular complexity index is 741. The van der Waals surface area contributed by atoms with Crippen LogP contribution >= 0.6 is 24.0 Å². The molecule has 1 N–H and O–H groups in total. The number of rotatable bonds is 3. The summed E-state index contributed by atoms with van der Waals surface area (Å²) in [5.41, 5.74) is 1.38. The van der Waals surface area contributed by atoms with Crippen molar-refractivity contribution in [3.8, 4) is 5.69 Å². The molecular weight excluding hydrogens is 443 g/mol. The summed E-state index contributed by atoms with van der Waals surface area (Å²) in [6.07, 6.45) is 4.08. The quantitative estimate of drug-likeness (QED) is 0.425. The van der Waals surface area contributed by atoms with Crippen LogP contribution in [0.5, 0.6) is 0 Å². The van der Waals surface area contributed by atoms with Gasteiger partial charge in [-0.2, -0.15) is 0 Å². The van der Waals surface area contributed by atoms with Gasteiger partial charge in [0.15, 0.2) is 11.8 Å². The second-order valence-corrected chi connectivity index (χ2v) is 6.83. The van der Waals surface area contributed by atoms with Crippen LogP contribution in [0.3, 0.4) is 0 Å². The van der Waals surface area contributed by atoms with Gasteiger partial charge in [0.25, 0.3) is 0 Å². The highest BCUT2D eigenvalue weighted by Gasteiger charge is 2.42. The Labute approximate surface area is 170 Å². The standard InChI is InChI=1S/C18H24N6O.HI/c1-19-17(23-9-7-18(12-23)8-10-25-13-18)20-11-16-22-21-14-24(16)15-5-3-2-4-6-15;/h2-6,14H,7-13H2,1H3,(H,19,20);1H. The summed E-state index contributed by atoms with van der Waals surface area (Å²) in [6.45, 7) is 4.39. The van der Waals surface area contributed by atoms with Crippen molar-refractivity contribution >= 4 is 29.9 Å². The van der Waals surface area contributed by atoms with Gasteiger partial charge in [-0.1, -0.05) is 18.2 Å². The number of aromatic nitrogens is 3. The number of para-hydroxylation sites is 1. The molecule has 1 atom stereocenters. The second kappa shape index (κ2) is 8.34. The van der Waals surface area contributed by atoms with Crippen molar-refractivity contribution < 1.29 is 4.74 Å². The number of likely N-dealkylation sites (tertiary alicyclic amines) is 1. The third-order valence-corrected chi connectivity index (χ3v) is 5.19. The number of benzene rings is 1. The van der Waals surface area contributed by atoms with Gasteiger partial charge in [-0.3, -0.25) is 9.56 Å². The number of hydrogen-bond donors (Lipinski definition) is 1. The molecule has 2 fully saturated rings. The van der Waals surface area contributed by atoms with E-state index in [-0.39, 0.29) is 24.0 Å². The Morgan fingerprint density at radius 1 is 1.31 bits per heavy atom. The number of halogens is 1. The molecule has 7 nitrogen and oxygen atoms in total. The normalized spacial score (nSPS) is 22.7. The lowest BCUT2D eigenvalue weighted by atomic mass is 9.87. The molecule has 2 aliphatic rings. The smallest absolute Gasteiger partial charge is 0.194 e. The highest BCUT2D eigenvalue weighted by molar-refractivity contribution is 14.0. The average Bonchev–Trinajstić information content (AvgIpc) is 3.39. The molecule has 1 unspecified atom stereocenters. The lowest BCUT2D eigenvalue weighted by Gasteiger charge is -2.24. The maximum absolute atomic E-state index is 5.62. The van der Waals surface area contributed by atoms with Gasteiger partial charge < -0.3 is 15.0 Å². The summed E-state index contributed by atoms with van der Waals surface area (Å²) in [4.78, 5) is 6.79. The van der Waals surface area contributed by atoms with Crippen molar-refractivity contribution in [2.24, 2.45) is 10.4 Å². The van der Waals surface area contributed by atoms with Gasteiger partial charge in [0.1, 0.15) is 6.33 Å². The number of hydrogen-bond acceptors (Lipinski definition) is 4. The molecule has 1 aromatic carbocycles. The monoisotopic (exact) mass is 468 g/mol. The van der Waals surface area contributed by atoms with Gasteiger partial charge >= 0.3 is 0 Å². The molecule has 0 bridgehead atoms. The SMILES string of the molecule is CN=C(NCc1nncn1-c1ccccc1)N1CCC2(CCOC2)C1.I. The highest BCUT2D eigenvalue weighted by Crippen LogP contribution is 2.38. The van der Waals surface area contributed by atoms with Crippen LogP contribution in [0.4, 0.5) is 0 Å². The topological polar surface area (TPSA) is 67.6 Å². The zero-order valence-corrected chi connectivity index (χ0v) is 17.3. The van der Waals surface area contributed by atoms with E-state index in [1.165, 1.54) is 6.42 Å². The molecule has 0 radical (unpaired) electrons. The Morgan fingerprint density at radius 3 is 2.88 bits per heavy atom. The first kappa shape index (κ1) is 19.1. The molecule has 0 saturated carbocycles. The van der Waals surface area contributed by atoms with Gasteiger partial charge in [0, 0.05) is 37.8 Å². The molecule has 8 heteroatoms. The van der Waals surface area contributed by atoms with E-state index in [2.05, 4.69) is 25.4 Å². The summed E-state index contributed by atoms with van der Waals surface area (Å²) in [5, 5.41) is 11.8. The van der Waals surface area contributed by atoms with Gasteiger partial charge in [-0.25, -0.2) is 0 Å². The fraction of sp³-hybridized carbons (Fsp3) is 0.500. The number of nitrogens with one attached hydrogen (secondary N) is 1. The number of nitrogens with zero attached hydrogens (tertiary/aromatic N) is 5. The van der Waals surface area contributed by atoms with Crippen LogP contribution in [-0.4, -0.2) is 59.0 Å². The van der Waals surface area contributed by atoms with Gasteiger partial charge in [-0.05, 0) is 25.0 Å². The van der Waals surface area contributed by atoms with Crippen LogP contribution < -0.4 is 5.32 Å². The molecule has 26 heavy (non-hydrogen) atoms. The van der Waals surface area contributed by atoms with Crippen LogP contribution in [0.25, 0.3) is 5.69 Å². The zero-order valence-electron chi connectivity index (χ0n) is 15.0. The molecule has 1 spiro atoms. The van der Waals surface area contributed by atoms with Crippen LogP contribution in [0, 0.1) is 5.41 Å². The first-order valence-corrected chi connectivity index (χ1v) is 8.77. The van der Waals surface area contributed by atoms with E-state index in [9.17, 15) is 0 Å². The van der Waals surface area contributed by atoms with Gasteiger partial charge in [-0.15, -0.1) is 34.2 Å². The first-order chi connectivity index (χ1) is 12.3. The Morgan fingerprint density at radius 2 is 2.15 bits per heavy atom. The minimum Gasteiger partial charge on any atom is -0.381 e. The molecule has 1 aromatic heterocycles. The Kier molecular flexibility index (Phi) is 6.13. The third kappa shape index (κ3) is 3.85. The molecular formula is C18H25IN6O. The molecule has 0 amide bonds. The lowest BCUT2D eigenvalue weighted by Crippen LogP contribution is -2.41. The molecule has 0 aliphatic carbocycles. The maximum atomic E-state index is 5.62. The number of ether oxygens (including phenoxy) is 1. The highest BCUT2D eigenvalue weighted by atomic mass is 127. The van der Waals surface area contributed by atoms with E-state index in [4.69, 9.17) is 4.74 Å². The van der Waals surface area contributed by atoms with Crippen molar-refractivity contribution in [3.63, 3.8) is 0 Å². The van der Waals surface area contributed by atoms with Crippen molar-refractivity contribution in [1.29, 1.82) is 0 Å². The predicted octanol–water partition coefficient (Wildman–Crippen LogP) is 2.07. The first-order valence-electron chi connectivity index (χ1n) is 8.77. The third-order valence-electron chi connectivity index (χ3n) is 5.19. The van der Waals surface area contributed by atoms with E-state index in [1.54, 1.807) is 6.33 Å². The Balaban J connectivity index is 0.00000196. The van der Waals surface area contributed by atoms with Gasteiger partial charge in [0.05, 0.1) is 13.2 Å². The van der Waals surface area contributed by atoms with Crippen LogP contribution in [0.1, 0.15) is 18.7 Å². The van der Waals surface area contributed by atoms with Crippen LogP contribution in [0.2, 0.25) is 0 Å². The summed E-state index contributed by atoms with van der Waals surface area (Å²) in [5.74, 6) is 1.79. The summed E-state index contributed by atoms with van der Waals surface area (Å²) >= 11 is 0. The average molecular weight is 468 g/mol. The second-order valence-electron chi connectivity index (χ2n) is 6.83. The van der Waals surface area contributed by atoms with Crippen LogP contribution in [-0.2, 0) is 11.3 Å². The predicted molar refractivity (Wildman–Crippen MR) is 111 cm³/mol. The lowest BCUT2D eigenvalue weighted by molar-refractivity contribution is 0.156. The number of aliphatic imine (C=N–C) groups is 1. The van der Waals surface area contributed by atoms with E-state index >= 15 is 0 Å². The maximum Gasteiger partial charge on any atom is 0.194 e. The molecule has 2 saturated heterocycles. The number of guanidine groups is 1. The van der Waals surface area contributed by atoms with E-state index in [1.807, 2.05) is 41.9 Å². The van der Waals surface area contributed by atoms with Crippen molar-refractivity contribution in [2.75, 3.05) is 33.4 Å². The van der Waals surface area contributed by atoms with E-state index in [0.717, 1.165) is 50.2 Å². The van der Waals surface area contributed by atoms with E-state index in [0.29, 0.717) is 12.0 Å². The fourth-order valence-electron chi connectivity index (χ4n) is 3.76. The van der Waals surface area contributed by atoms with Crippen molar-refractivity contribution in [2.45, 2.75) is 19.4 Å². The van der Waals surface area contributed by atoms with Crippen LogP contribution in [0.15, 0.2) is 41.7 Å². The molecule has 2 aromatic rings. The minimum absolute atomic E-state index is 0. The Hall–Kier alpha value is -1.68. The fourth-order valence-corrected chi connectivity index (χ4v) is 3.76. The largest absolute Gasteiger partial charge is 0.381 e. The molecule has 3 heterocycles. The van der Waals surface area contributed by atoms with E-state index < -0.39 is 0 Å². The van der Waals surface area contributed by atoms with Gasteiger partial charge in [0.2, 0.25) is 0 Å². The molecule has 2 aliphatic heterocycles. The molecule has 140 valence electrons. The minimum atomic E-state index is 0. The zero-order chi connectivity index (χ0) is 17.1. The van der Waals surface area contributed by atoms with Crippen molar-refractivity contribution in [3.05, 3.63) is 42.5 Å². The summed E-state index contributed by atoms with van der Waals surface area (Å²) in [6, 6.07) is 10.1. The van der Waals surface area contributed by atoms with Crippen molar-refractivity contribution in [1.82, 2.24) is 25.0 Å².